The number of hydrogen-bond donors (Lipinski definition) is 0. The highest BCUT2D eigenvalue weighted by Crippen LogP contribution is 2.36. The summed E-state index contributed by atoms with van der Waals surface area (Å²) >= 11 is 6.05. The fraction of sp³-hybridized carbons (Fsp3) is 0.533. The second-order valence-electron chi connectivity index (χ2n) is 4.89. The van der Waals surface area contributed by atoms with Crippen LogP contribution in [0.3, 0.4) is 0 Å². The maximum absolute atomic E-state index is 12.6. The van der Waals surface area contributed by atoms with Crippen LogP contribution in [-0.2, 0) is 0 Å². The summed E-state index contributed by atoms with van der Waals surface area (Å²) in [5.41, 5.74) is 0.579. The third kappa shape index (κ3) is 3.03. The summed E-state index contributed by atoms with van der Waals surface area (Å²) in [4.78, 5) is 12.6. The van der Waals surface area contributed by atoms with E-state index < -0.39 is 0 Å². The molecule has 1 fully saturated rings. The molecule has 0 atom stereocenters. The van der Waals surface area contributed by atoms with Crippen molar-refractivity contribution in [1.82, 2.24) is 0 Å². The van der Waals surface area contributed by atoms with Crippen LogP contribution in [-0.4, -0.2) is 20.0 Å². The van der Waals surface area contributed by atoms with Crippen LogP contribution in [0.15, 0.2) is 12.1 Å². The predicted molar refractivity (Wildman–Crippen MR) is 75.5 cm³/mol. The second kappa shape index (κ2) is 6.29. The van der Waals surface area contributed by atoms with Crippen molar-refractivity contribution in [2.45, 2.75) is 32.1 Å². The number of benzene rings is 1. The zero-order chi connectivity index (χ0) is 13.8. The minimum absolute atomic E-state index is 0.105. The molecular formula is C15H19ClO3. The van der Waals surface area contributed by atoms with Gasteiger partial charge in [-0.15, -0.1) is 0 Å². The molecule has 0 aromatic heterocycles. The molecule has 0 aliphatic heterocycles. The Labute approximate surface area is 118 Å². The van der Waals surface area contributed by atoms with Crippen LogP contribution < -0.4 is 9.47 Å². The number of carbonyl (C=O) groups excluding carboxylic acids is 1. The van der Waals surface area contributed by atoms with Crippen LogP contribution in [0.25, 0.3) is 0 Å². The summed E-state index contributed by atoms with van der Waals surface area (Å²) in [6.45, 7) is 0. The van der Waals surface area contributed by atoms with Crippen LogP contribution >= 0.6 is 11.6 Å². The van der Waals surface area contributed by atoms with Gasteiger partial charge in [0.05, 0.1) is 24.8 Å². The molecule has 3 nitrogen and oxygen atoms in total. The van der Waals surface area contributed by atoms with Gasteiger partial charge >= 0.3 is 0 Å². The lowest BCUT2D eigenvalue weighted by Crippen LogP contribution is -2.18. The van der Waals surface area contributed by atoms with Gasteiger partial charge in [-0.25, -0.2) is 0 Å². The van der Waals surface area contributed by atoms with Crippen LogP contribution in [0, 0.1) is 5.92 Å². The van der Waals surface area contributed by atoms with Gasteiger partial charge in [-0.3, -0.25) is 4.79 Å². The molecule has 0 saturated heterocycles. The van der Waals surface area contributed by atoms with Crippen LogP contribution in [0.4, 0.5) is 0 Å². The quantitative estimate of drug-likeness (QED) is 0.779. The van der Waals surface area contributed by atoms with Crippen LogP contribution in [0.5, 0.6) is 11.5 Å². The SMILES string of the molecule is COc1cc(C(=O)C2CCCCC2)c(OC)cc1Cl. The zero-order valence-electron chi connectivity index (χ0n) is 11.4. The third-order valence-corrected chi connectivity index (χ3v) is 4.01. The Bertz CT molecular complexity index is 465. The average Bonchev–Trinajstić information content (AvgIpc) is 2.47. The summed E-state index contributed by atoms with van der Waals surface area (Å²) < 4.78 is 10.5. The lowest BCUT2D eigenvalue weighted by atomic mass is 9.83. The Morgan fingerprint density at radius 1 is 1.11 bits per heavy atom. The monoisotopic (exact) mass is 282 g/mol. The first kappa shape index (κ1) is 14.2. The first-order valence-corrected chi connectivity index (χ1v) is 7.01. The van der Waals surface area contributed by atoms with Gasteiger partial charge in [-0.2, -0.15) is 0 Å². The molecule has 1 aromatic rings. The van der Waals surface area contributed by atoms with Gasteiger partial charge in [0.2, 0.25) is 0 Å². The van der Waals surface area contributed by atoms with Crippen molar-refractivity contribution in [2.24, 2.45) is 5.92 Å². The summed E-state index contributed by atoms with van der Waals surface area (Å²) in [5.74, 6) is 1.29. The van der Waals surface area contributed by atoms with Crippen molar-refractivity contribution in [3.05, 3.63) is 22.7 Å². The highest BCUT2D eigenvalue weighted by Gasteiger charge is 2.25. The summed E-state index contributed by atoms with van der Waals surface area (Å²) in [5, 5.41) is 0.458. The van der Waals surface area contributed by atoms with E-state index in [9.17, 15) is 4.79 Å². The molecule has 2 rings (SSSR count). The topological polar surface area (TPSA) is 35.5 Å². The molecule has 4 heteroatoms. The normalized spacial score (nSPS) is 16.2. The van der Waals surface area contributed by atoms with Gasteiger partial charge in [-0.05, 0) is 18.9 Å². The van der Waals surface area contributed by atoms with Crippen molar-refractivity contribution >= 4 is 17.4 Å². The Kier molecular flexibility index (Phi) is 4.70. The maximum atomic E-state index is 12.6. The third-order valence-electron chi connectivity index (χ3n) is 3.72. The van der Waals surface area contributed by atoms with E-state index in [-0.39, 0.29) is 11.7 Å². The highest BCUT2D eigenvalue weighted by molar-refractivity contribution is 6.32. The van der Waals surface area contributed by atoms with Crippen molar-refractivity contribution in [2.75, 3.05) is 14.2 Å². The van der Waals surface area contributed by atoms with Gasteiger partial charge < -0.3 is 9.47 Å². The largest absolute Gasteiger partial charge is 0.496 e. The lowest BCUT2D eigenvalue weighted by Gasteiger charge is -2.21. The fourth-order valence-corrected chi connectivity index (χ4v) is 2.87. The van der Waals surface area contributed by atoms with Gasteiger partial charge in [0.15, 0.2) is 5.78 Å². The van der Waals surface area contributed by atoms with E-state index in [1.54, 1.807) is 26.4 Å². The number of Topliss-reactive ketones (excluding diaryl/α,β-unsaturated/α-hetero) is 1. The number of methoxy groups -OCH3 is 2. The Morgan fingerprint density at radius 3 is 2.32 bits per heavy atom. The number of hydrogen-bond acceptors (Lipinski definition) is 3. The molecular weight excluding hydrogens is 264 g/mol. The minimum Gasteiger partial charge on any atom is -0.496 e. The molecule has 1 saturated carbocycles. The van der Waals surface area contributed by atoms with Gasteiger partial charge in [-0.1, -0.05) is 30.9 Å². The maximum Gasteiger partial charge on any atom is 0.169 e. The molecule has 0 bridgehead atoms. The molecule has 0 amide bonds. The van der Waals surface area contributed by atoms with Crippen molar-refractivity contribution < 1.29 is 14.3 Å². The van der Waals surface area contributed by atoms with E-state index >= 15 is 0 Å². The second-order valence-corrected chi connectivity index (χ2v) is 5.29. The van der Waals surface area contributed by atoms with Crippen molar-refractivity contribution in [1.29, 1.82) is 0 Å². The first-order chi connectivity index (χ1) is 9.17. The predicted octanol–water partition coefficient (Wildman–Crippen LogP) is 4.12. The standard InChI is InChI=1S/C15H19ClO3/c1-18-13-9-12(16)14(19-2)8-11(13)15(17)10-6-4-3-5-7-10/h8-10H,3-7H2,1-2H3. The fourth-order valence-electron chi connectivity index (χ4n) is 2.64. The number of halogens is 1. The Balaban J connectivity index is 2.33. The average molecular weight is 283 g/mol. The van der Waals surface area contributed by atoms with E-state index in [0.717, 1.165) is 25.7 Å². The minimum atomic E-state index is 0.105. The summed E-state index contributed by atoms with van der Waals surface area (Å²) in [7, 11) is 3.10. The molecule has 19 heavy (non-hydrogen) atoms. The number of carbonyl (C=O) groups is 1. The van der Waals surface area contributed by atoms with Gasteiger partial charge in [0, 0.05) is 12.0 Å². The number of ether oxygens (including phenoxy) is 2. The van der Waals surface area contributed by atoms with E-state index in [2.05, 4.69) is 0 Å². The molecule has 1 aliphatic rings. The molecule has 104 valence electrons. The smallest absolute Gasteiger partial charge is 0.169 e. The molecule has 0 unspecified atom stereocenters. The van der Waals surface area contributed by atoms with Gasteiger partial charge in [0.1, 0.15) is 11.5 Å². The van der Waals surface area contributed by atoms with Crippen LogP contribution in [0.1, 0.15) is 42.5 Å². The highest BCUT2D eigenvalue weighted by atomic mass is 35.5. The van der Waals surface area contributed by atoms with Crippen molar-refractivity contribution in [3.63, 3.8) is 0 Å². The summed E-state index contributed by atoms with van der Waals surface area (Å²) in [6, 6.07) is 3.34. The number of ketones is 1. The molecule has 0 spiro atoms. The van der Waals surface area contributed by atoms with E-state index in [0.29, 0.717) is 22.1 Å². The van der Waals surface area contributed by atoms with E-state index in [1.165, 1.54) is 6.42 Å². The molecule has 0 heterocycles. The molecule has 0 radical (unpaired) electrons. The summed E-state index contributed by atoms with van der Waals surface area (Å²) in [6.07, 6.45) is 5.41. The van der Waals surface area contributed by atoms with Gasteiger partial charge in [0.25, 0.3) is 0 Å². The van der Waals surface area contributed by atoms with Crippen LogP contribution in [0.2, 0.25) is 5.02 Å². The first-order valence-electron chi connectivity index (χ1n) is 6.63. The molecule has 1 aliphatic carbocycles. The molecule has 0 N–H and O–H groups in total. The Hall–Kier alpha value is -1.22. The van der Waals surface area contributed by atoms with E-state index in [1.807, 2.05) is 0 Å². The number of rotatable bonds is 4. The zero-order valence-corrected chi connectivity index (χ0v) is 12.1. The Morgan fingerprint density at radius 2 is 1.74 bits per heavy atom. The van der Waals surface area contributed by atoms with E-state index in [4.69, 9.17) is 21.1 Å². The molecule has 1 aromatic carbocycles. The van der Waals surface area contributed by atoms with Crippen molar-refractivity contribution in [3.8, 4) is 11.5 Å². The lowest BCUT2D eigenvalue weighted by molar-refractivity contribution is 0.0886.